The van der Waals surface area contributed by atoms with E-state index >= 15 is 0 Å². The van der Waals surface area contributed by atoms with Crippen molar-refractivity contribution in [2.75, 3.05) is 13.1 Å². The van der Waals surface area contributed by atoms with Crippen LogP contribution in [0.4, 0.5) is 0 Å². The van der Waals surface area contributed by atoms with Crippen molar-refractivity contribution in [3.8, 4) is 0 Å². The smallest absolute Gasteiger partial charge is 0.150 e. The lowest BCUT2D eigenvalue weighted by Gasteiger charge is -2.22. The SMILES string of the molecule is CCN(CC)C(=S)SC(C(C)=O)C(C)=O. The van der Waals surface area contributed by atoms with E-state index in [0.717, 1.165) is 13.1 Å². The number of thioether (sulfide) groups is 1. The Balaban J connectivity index is 4.48. The zero-order valence-corrected chi connectivity index (χ0v) is 11.2. The highest BCUT2D eigenvalue weighted by molar-refractivity contribution is 8.24. The quantitative estimate of drug-likeness (QED) is 0.548. The molecular weight excluding hydrogens is 230 g/mol. The van der Waals surface area contributed by atoms with Crippen LogP contribution < -0.4 is 0 Å². The van der Waals surface area contributed by atoms with E-state index in [1.54, 1.807) is 0 Å². The number of rotatable bonds is 5. The number of thiocarbonyl (C=S) groups is 1. The summed E-state index contributed by atoms with van der Waals surface area (Å²) in [5, 5.41) is -0.641. The van der Waals surface area contributed by atoms with Crippen LogP contribution in [-0.4, -0.2) is 39.1 Å². The van der Waals surface area contributed by atoms with E-state index in [0.29, 0.717) is 4.32 Å². The predicted octanol–water partition coefficient (Wildman–Crippen LogP) is 1.89. The van der Waals surface area contributed by atoms with Crippen molar-refractivity contribution >= 4 is 39.9 Å². The fourth-order valence-corrected chi connectivity index (χ4v) is 2.60. The van der Waals surface area contributed by atoms with Gasteiger partial charge < -0.3 is 4.90 Å². The summed E-state index contributed by atoms with van der Waals surface area (Å²) in [4.78, 5) is 24.4. The van der Waals surface area contributed by atoms with Crippen molar-refractivity contribution in [3.05, 3.63) is 0 Å². The maximum Gasteiger partial charge on any atom is 0.150 e. The molecule has 15 heavy (non-hydrogen) atoms. The van der Waals surface area contributed by atoms with E-state index in [4.69, 9.17) is 12.2 Å². The highest BCUT2D eigenvalue weighted by Gasteiger charge is 2.23. The third-order valence-corrected chi connectivity index (χ3v) is 3.89. The minimum atomic E-state index is -0.641. The molecule has 0 aliphatic carbocycles. The van der Waals surface area contributed by atoms with Crippen molar-refractivity contribution < 1.29 is 9.59 Å². The Labute approximate surface area is 101 Å². The van der Waals surface area contributed by atoms with Crippen LogP contribution in [0.3, 0.4) is 0 Å². The van der Waals surface area contributed by atoms with Gasteiger partial charge in [0.15, 0.2) is 11.6 Å². The molecule has 0 aromatic carbocycles. The maximum absolute atomic E-state index is 11.2. The number of nitrogens with zero attached hydrogens (tertiary/aromatic N) is 1. The molecule has 0 aliphatic rings. The molecule has 3 nitrogen and oxygen atoms in total. The van der Waals surface area contributed by atoms with Crippen molar-refractivity contribution in [1.29, 1.82) is 0 Å². The lowest BCUT2D eigenvalue weighted by Crippen LogP contribution is -2.32. The maximum atomic E-state index is 11.2. The molecule has 0 N–H and O–H groups in total. The lowest BCUT2D eigenvalue weighted by atomic mass is 10.2. The summed E-state index contributed by atoms with van der Waals surface area (Å²) < 4.78 is 0.621. The van der Waals surface area contributed by atoms with Gasteiger partial charge in [0.25, 0.3) is 0 Å². The van der Waals surface area contributed by atoms with Crippen LogP contribution >= 0.6 is 24.0 Å². The van der Waals surface area contributed by atoms with Gasteiger partial charge in [-0.1, -0.05) is 24.0 Å². The summed E-state index contributed by atoms with van der Waals surface area (Å²) in [6.45, 7) is 8.42. The van der Waals surface area contributed by atoms with Crippen LogP contribution in [-0.2, 0) is 9.59 Å². The van der Waals surface area contributed by atoms with Crippen LogP contribution in [0, 0.1) is 0 Å². The zero-order chi connectivity index (χ0) is 12.0. The molecule has 0 spiro atoms. The number of Topliss-reactive ketones (excluding diaryl/α,β-unsaturated/α-hetero) is 2. The molecule has 0 amide bonds. The molecule has 0 aromatic rings. The van der Waals surface area contributed by atoms with Crippen molar-refractivity contribution in [2.24, 2.45) is 0 Å². The molecule has 0 aromatic heterocycles. The molecule has 5 heteroatoms. The van der Waals surface area contributed by atoms with Crippen LogP contribution in [0.15, 0.2) is 0 Å². The average molecular weight is 247 g/mol. The fourth-order valence-electron chi connectivity index (χ4n) is 1.11. The highest BCUT2D eigenvalue weighted by Crippen LogP contribution is 2.18. The topological polar surface area (TPSA) is 37.4 Å². The minimum absolute atomic E-state index is 0.137. The summed E-state index contributed by atoms with van der Waals surface area (Å²) >= 11 is 6.35. The first-order chi connectivity index (χ1) is 6.93. The molecule has 0 rings (SSSR count). The third-order valence-electron chi connectivity index (χ3n) is 1.98. The molecule has 0 aliphatic heterocycles. The summed E-state index contributed by atoms with van der Waals surface area (Å²) in [7, 11) is 0. The van der Waals surface area contributed by atoms with Crippen LogP contribution in [0.5, 0.6) is 0 Å². The van der Waals surface area contributed by atoms with E-state index in [-0.39, 0.29) is 11.6 Å². The normalized spacial score (nSPS) is 10.2. The molecule has 0 radical (unpaired) electrons. The molecule has 0 heterocycles. The third kappa shape index (κ3) is 4.75. The lowest BCUT2D eigenvalue weighted by molar-refractivity contribution is -0.123. The van der Waals surface area contributed by atoms with E-state index in [9.17, 15) is 9.59 Å². The highest BCUT2D eigenvalue weighted by atomic mass is 32.2. The Hall–Kier alpha value is -0.420. The van der Waals surface area contributed by atoms with Gasteiger partial charge in [0.2, 0.25) is 0 Å². The Morgan fingerprint density at radius 1 is 1.20 bits per heavy atom. The van der Waals surface area contributed by atoms with E-state index in [1.165, 1.54) is 25.6 Å². The number of carbonyl (C=O) groups is 2. The van der Waals surface area contributed by atoms with E-state index in [1.807, 2.05) is 18.7 Å². The standard InChI is InChI=1S/C10H17NO2S2/c1-5-11(6-2)10(14)15-9(7(3)12)8(4)13/h9H,5-6H2,1-4H3. The van der Waals surface area contributed by atoms with Crippen LogP contribution in [0.25, 0.3) is 0 Å². The molecule has 0 atom stereocenters. The second-order valence-electron chi connectivity index (χ2n) is 3.16. The summed E-state index contributed by atoms with van der Waals surface area (Å²) in [6.07, 6.45) is 0. The predicted molar refractivity (Wildman–Crippen MR) is 68.3 cm³/mol. The molecule has 0 bridgehead atoms. The average Bonchev–Trinajstić information content (AvgIpc) is 2.15. The monoisotopic (exact) mass is 247 g/mol. The van der Waals surface area contributed by atoms with Gasteiger partial charge in [-0.15, -0.1) is 0 Å². The van der Waals surface area contributed by atoms with Crippen molar-refractivity contribution in [1.82, 2.24) is 4.90 Å². The number of ketones is 2. The molecule has 0 unspecified atom stereocenters. The molecule has 0 saturated carbocycles. The summed E-state index contributed by atoms with van der Waals surface area (Å²) in [5.74, 6) is -0.274. The first-order valence-corrected chi connectivity index (χ1v) is 6.19. The molecule has 0 saturated heterocycles. The van der Waals surface area contributed by atoms with Crippen LogP contribution in [0.2, 0.25) is 0 Å². The van der Waals surface area contributed by atoms with Gasteiger partial charge in [-0.05, 0) is 27.7 Å². The largest absolute Gasteiger partial charge is 0.358 e. The van der Waals surface area contributed by atoms with Gasteiger partial charge in [0.05, 0.1) is 0 Å². The second kappa shape index (κ2) is 6.95. The van der Waals surface area contributed by atoms with E-state index in [2.05, 4.69) is 0 Å². The number of carbonyl (C=O) groups excluding carboxylic acids is 2. The molecule has 0 fully saturated rings. The van der Waals surface area contributed by atoms with Crippen LogP contribution in [0.1, 0.15) is 27.7 Å². The summed E-state index contributed by atoms with van der Waals surface area (Å²) in [6, 6.07) is 0. The molecule has 86 valence electrons. The zero-order valence-electron chi connectivity index (χ0n) is 9.57. The fraction of sp³-hybridized carbons (Fsp3) is 0.700. The van der Waals surface area contributed by atoms with Gasteiger partial charge in [-0.2, -0.15) is 0 Å². The van der Waals surface area contributed by atoms with Crippen molar-refractivity contribution in [3.63, 3.8) is 0 Å². The van der Waals surface area contributed by atoms with E-state index < -0.39 is 5.25 Å². The Morgan fingerprint density at radius 3 is 1.87 bits per heavy atom. The van der Waals surface area contributed by atoms with Gasteiger partial charge in [0.1, 0.15) is 9.57 Å². The first kappa shape index (κ1) is 14.6. The summed E-state index contributed by atoms with van der Waals surface area (Å²) in [5.41, 5.74) is 0. The Kier molecular flexibility index (Phi) is 6.76. The number of hydrogen-bond donors (Lipinski definition) is 0. The van der Waals surface area contributed by atoms with Gasteiger partial charge in [0, 0.05) is 13.1 Å². The first-order valence-electron chi connectivity index (χ1n) is 4.90. The van der Waals surface area contributed by atoms with Gasteiger partial charge in [-0.3, -0.25) is 9.59 Å². The Morgan fingerprint density at radius 2 is 1.60 bits per heavy atom. The second-order valence-corrected chi connectivity index (χ2v) is 4.90. The minimum Gasteiger partial charge on any atom is -0.358 e. The molecular formula is C10H17NO2S2. The van der Waals surface area contributed by atoms with Gasteiger partial charge in [-0.25, -0.2) is 0 Å². The van der Waals surface area contributed by atoms with Crippen molar-refractivity contribution in [2.45, 2.75) is 32.9 Å². The number of hydrogen-bond acceptors (Lipinski definition) is 4. The van der Waals surface area contributed by atoms with Gasteiger partial charge >= 0.3 is 0 Å². The Bertz CT molecular complexity index is 248.